The number of benzene rings is 1. The summed E-state index contributed by atoms with van der Waals surface area (Å²) >= 11 is 0. The van der Waals surface area contributed by atoms with Gasteiger partial charge in [-0.3, -0.25) is 0 Å². The van der Waals surface area contributed by atoms with Crippen LogP contribution in [0.2, 0.25) is 0 Å². The second-order valence-electron chi connectivity index (χ2n) is 4.92. The molecule has 0 saturated carbocycles. The van der Waals surface area contributed by atoms with Gasteiger partial charge in [-0.25, -0.2) is 14.0 Å². The quantitative estimate of drug-likeness (QED) is 0.822. The van der Waals surface area contributed by atoms with Crippen molar-refractivity contribution in [2.75, 3.05) is 6.61 Å². The molecule has 0 fully saturated rings. The van der Waals surface area contributed by atoms with Gasteiger partial charge in [0.25, 0.3) is 0 Å². The van der Waals surface area contributed by atoms with Crippen molar-refractivity contribution in [2.24, 2.45) is 0 Å². The summed E-state index contributed by atoms with van der Waals surface area (Å²) in [6, 6.07) is 4.76. The Balaban J connectivity index is 2.52. The van der Waals surface area contributed by atoms with Crippen molar-refractivity contribution in [2.45, 2.75) is 32.7 Å². The van der Waals surface area contributed by atoms with Crippen molar-refractivity contribution in [3.63, 3.8) is 0 Å². The Morgan fingerprint density at radius 1 is 1.32 bits per heavy atom. The molecule has 1 aromatic carbocycles. The molecule has 1 atom stereocenters. The molecule has 2 rings (SSSR count). The zero-order valence-corrected chi connectivity index (χ0v) is 12.6. The fourth-order valence-corrected chi connectivity index (χ4v) is 2.46. The van der Waals surface area contributed by atoms with Crippen LogP contribution in [0.4, 0.5) is 9.18 Å². The second-order valence-corrected chi connectivity index (χ2v) is 4.92. The fourth-order valence-electron chi connectivity index (χ4n) is 2.46. The third kappa shape index (κ3) is 3.27. The maximum Gasteiger partial charge on any atom is 0.338 e. The lowest BCUT2D eigenvalue weighted by molar-refractivity contribution is -0.139. The maximum absolute atomic E-state index is 14.1. The summed E-state index contributed by atoms with van der Waals surface area (Å²) in [7, 11) is 0. The van der Waals surface area contributed by atoms with Gasteiger partial charge in [0.2, 0.25) is 0 Å². The lowest BCUT2D eigenvalue weighted by Gasteiger charge is -2.29. The van der Waals surface area contributed by atoms with Gasteiger partial charge in [-0.1, -0.05) is 31.5 Å². The second kappa shape index (κ2) is 7.06. The van der Waals surface area contributed by atoms with Crippen molar-refractivity contribution >= 4 is 12.0 Å². The predicted molar refractivity (Wildman–Crippen MR) is 79.4 cm³/mol. The normalized spacial score (nSPS) is 17.8. The Labute approximate surface area is 128 Å². The van der Waals surface area contributed by atoms with Crippen LogP contribution in [0.15, 0.2) is 35.5 Å². The lowest BCUT2D eigenvalue weighted by Crippen LogP contribution is -2.46. The first-order valence-corrected chi connectivity index (χ1v) is 7.30. The largest absolute Gasteiger partial charge is 0.463 e. The highest BCUT2D eigenvalue weighted by Gasteiger charge is 2.34. The maximum atomic E-state index is 14.1. The summed E-state index contributed by atoms with van der Waals surface area (Å²) in [5.41, 5.74) is 0.986. The third-order valence-electron chi connectivity index (χ3n) is 3.37. The van der Waals surface area contributed by atoms with Crippen molar-refractivity contribution in [1.82, 2.24) is 10.6 Å². The topological polar surface area (TPSA) is 67.4 Å². The molecule has 0 aliphatic carbocycles. The number of allylic oxidation sites excluding steroid dienone is 1. The number of nitrogens with one attached hydrogen (secondary N) is 2. The minimum absolute atomic E-state index is 0.208. The Morgan fingerprint density at radius 3 is 2.68 bits per heavy atom. The van der Waals surface area contributed by atoms with Crippen LogP contribution in [0, 0.1) is 5.82 Å². The summed E-state index contributed by atoms with van der Waals surface area (Å²) in [4.78, 5) is 24.1. The third-order valence-corrected chi connectivity index (χ3v) is 3.37. The number of hydrogen-bond acceptors (Lipinski definition) is 3. The van der Waals surface area contributed by atoms with Crippen molar-refractivity contribution < 1.29 is 18.7 Å². The zero-order valence-electron chi connectivity index (χ0n) is 12.6. The Bertz CT molecular complexity index is 613. The molecule has 0 unspecified atom stereocenters. The number of carbonyl (C=O) groups is 2. The molecule has 0 bridgehead atoms. The SMILES string of the molecule is CCCC1=C(C(=O)OCC)[C@H](c2ccccc2F)NC(=O)N1. The molecular weight excluding hydrogens is 287 g/mol. The van der Waals surface area contributed by atoms with Crippen LogP contribution in [0.1, 0.15) is 38.3 Å². The van der Waals surface area contributed by atoms with E-state index in [1.807, 2.05) is 6.92 Å². The highest BCUT2D eigenvalue weighted by atomic mass is 19.1. The van der Waals surface area contributed by atoms with Crippen LogP contribution in [0.25, 0.3) is 0 Å². The van der Waals surface area contributed by atoms with Gasteiger partial charge in [0.15, 0.2) is 0 Å². The molecule has 5 nitrogen and oxygen atoms in total. The van der Waals surface area contributed by atoms with Gasteiger partial charge in [-0.15, -0.1) is 0 Å². The van der Waals surface area contributed by atoms with Gasteiger partial charge in [-0.2, -0.15) is 0 Å². The van der Waals surface area contributed by atoms with Gasteiger partial charge < -0.3 is 15.4 Å². The Kier molecular flexibility index (Phi) is 5.14. The van der Waals surface area contributed by atoms with Crippen molar-refractivity contribution in [3.8, 4) is 0 Å². The van der Waals surface area contributed by atoms with E-state index in [1.165, 1.54) is 6.07 Å². The Morgan fingerprint density at radius 2 is 2.05 bits per heavy atom. The van der Waals surface area contributed by atoms with Crippen LogP contribution < -0.4 is 10.6 Å². The molecule has 1 aliphatic heterocycles. The zero-order chi connectivity index (χ0) is 16.1. The molecule has 1 heterocycles. The van der Waals surface area contributed by atoms with Crippen LogP contribution in [-0.2, 0) is 9.53 Å². The van der Waals surface area contributed by atoms with E-state index < -0.39 is 23.9 Å². The minimum Gasteiger partial charge on any atom is -0.463 e. The van der Waals surface area contributed by atoms with E-state index in [9.17, 15) is 14.0 Å². The number of halogens is 1. The van der Waals surface area contributed by atoms with Crippen molar-refractivity contribution in [1.29, 1.82) is 0 Å². The van der Waals surface area contributed by atoms with Crippen LogP contribution in [0.3, 0.4) is 0 Å². The van der Waals surface area contributed by atoms with Gasteiger partial charge >= 0.3 is 12.0 Å². The van der Waals surface area contributed by atoms with Gasteiger partial charge in [0.05, 0.1) is 18.2 Å². The number of amides is 2. The van der Waals surface area contributed by atoms with E-state index in [4.69, 9.17) is 4.74 Å². The van der Waals surface area contributed by atoms with E-state index in [1.54, 1.807) is 25.1 Å². The number of rotatable bonds is 5. The number of carbonyl (C=O) groups excluding carboxylic acids is 2. The molecule has 1 aromatic rings. The van der Waals surface area contributed by atoms with E-state index in [0.717, 1.165) is 6.42 Å². The molecule has 0 aromatic heterocycles. The molecule has 118 valence electrons. The van der Waals surface area contributed by atoms with Crippen LogP contribution >= 0.6 is 0 Å². The Hall–Kier alpha value is -2.37. The average Bonchev–Trinajstić information content (AvgIpc) is 2.47. The molecule has 22 heavy (non-hydrogen) atoms. The molecule has 0 spiro atoms. The number of urea groups is 1. The molecule has 2 amide bonds. The summed E-state index contributed by atoms with van der Waals surface area (Å²) in [6.45, 7) is 3.84. The van der Waals surface area contributed by atoms with E-state index in [-0.39, 0.29) is 17.7 Å². The highest BCUT2D eigenvalue weighted by molar-refractivity contribution is 5.95. The average molecular weight is 306 g/mol. The van der Waals surface area contributed by atoms with E-state index in [2.05, 4.69) is 10.6 Å². The summed E-state index contributed by atoms with van der Waals surface area (Å²) in [6.07, 6.45) is 1.25. The van der Waals surface area contributed by atoms with Crippen LogP contribution in [0.5, 0.6) is 0 Å². The number of esters is 1. The van der Waals surface area contributed by atoms with Gasteiger partial charge in [-0.05, 0) is 19.4 Å². The van der Waals surface area contributed by atoms with Crippen molar-refractivity contribution in [3.05, 3.63) is 46.9 Å². The van der Waals surface area contributed by atoms with Gasteiger partial charge in [0, 0.05) is 11.3 Å². The monoisotopic (exact) mass is 306 g/mol. The predicted octanol–water partition coefficient (Wildman–Crippen LogP) is 2.80. The molecule has 1 aliphatic rings. The lowest BCUT2D eigenvalue weighted by atomic mass is 9.93. The smallest absolute Gasteiger partial charge is 0.338 e. The van der Waals surface area contributed by atoms with E-state index >= 15 is 0 Å². The minimum atomic E-state index is -0.851. The first kappa shape index (κ1) is 16.0. The standard InChI is InChI=1S/C16H19FN2O3/c1-3-7-12-13(15(20)22-4-2)14(19-16(21)18-12)10-8-5-6-9-11(10)17/h5-6,8-9,14H,3-4,7H2,1-2H3,(H2,18,19,21)/t14-/m0/s1. The first-order chi connectivity index (χ1) is 10.6. The summed E-state index contributed by atoms with van der Waals surface area (Å²) in [5.74, 6) is -1.03. The number of hydrogen-bond donors (Lipinski definition) is 2. The molecule has 0 saturated heterocycles. The van der Waals surface area contributed by atoms with E-state index in [0.29, 0.717) is 12.1 Å². The molecule has 0 radical (unpaired) electrons. The molecular formula is C16H19FN2O3. The summed E-state index contributed by atoms with van der Waals surface area (Å²) < 4.78 is 19.2. The van der Waals surface area contributed by atoms with Crippen LogP contribution in [-0.4, -0.2) is 18.6 Å². The molecule has 2 N–H and O–H groups in total. The first-order valence-electron chi connectivity index (χ1n) is 7.30. The highest BCUT2D eigenvalue weighted by Crippen LogP contribution is 2.30. The number of ether oxygens (including phenoxy) is 1. The van der Waals surface area contributed by atoms with Gasteiger partial charge in [0.1, 0.15) is 5.82 Å². The molecule has 6 heteroatoms. The fraction of sp³-hybridized carbons (Fsp3) is 0.375. The summed E-state index contributed by atoms with van der Waals surface area (Å²) in [5, 5.41) is 5.23.